The Kier molecular flexibility index (Phi) is 5.70. The maximum atomic E-state index is 12.3. The number of aromatic nitrogens is 2. The number of ether oxygens (including phenoxy) is 1. The van der Waals surface area contributed by atoms with Crippen molar-refractivity contribution in [2.45, 2.75) is 6.42 Å². The van der Waals surface area contributed by atoms with Gasteiger partial charge in [0.15, 0.2) is 5.82 Å². The van der Waals surface area contributed by atoms with E-state index in [-0.39, 0.29) is 18.9 Å². The molecule has 3 aromatic carbocycles. The maximum Gasteiger partial charge on any atom is 0.439 e. The number of nitrogens with zero attached hydrogens (tertiary/aromatic N) is 1. The molecule has 30 heavy (non-hydrogen) atoms. The summed E-state index contributed by atoms with van der Waals surface area (Å²) in [6.45, 7) is 0.242. The van der Waals surface area contributed by atoms with Gasteiger partial charge in [-0.3, -0.25) is 14.3 Å². The van der Waals surface area contributed by atoms with E-state index in [4.69, 9.17) is 4.74 Å². The summed E-state index contributed by atoms with van der Waals surface area (Å²) >= 11 is 0. The molecule has 0 spiro atoms. The van der Waals surface area contributed by atoms with Gasteiger partial charge in [-0.05, 0) is 23.8 Å². The summed E-state index contributed by atoms with van der Waals surface area (Å²) in [5, 5.41) is 6.47. The average Bonchev–Trinajstić information content (AvgIpc) is 3.21. The lowest BCUT2D eigenvalue weighted by molar-refractivity contribution is -0.116. The molecule has 1 heterocycles. The van der Waals surface area contributed by atoms with Crippen molar-refractivity contribution in [2.24, 2.45) is 0 Å². The third-order valence-electron chi connectivity index (χ3n) is 4.42. The number of H-pyrrole nitrogens is 1. The molecule has 0 fully saturated rings. The first-order valence-electron chi connectivity index (χ1n) is 9.42. The van der Waals surface area contributed by atoms with Crippen molar-refractivity contribution in [2.75, 3.05) is 11.9 Å². The van der Waals surface area contributed by atoms with Crippen molar-refractivity contribution in [3.63, 3.8) is 0 Å². The molecule has 0 bridgehead atoms. The van der Waals surface area contributed by atoms with Gasteiger partial charge in [0, 0.05) is 16.8 Å². The fourth-order valence-corrected chi connectivity index (χ4v) is 3.02. The number of carbonyl (C=O) groups excluding carboxylic acids is 1. The molecule has 0 aliphatic rings. The summed E-state index contributed by atoms with van der Waals surface area (Å²) in [5.41, 5.74) is 3.26. The molecule has 0 unspecified atom stereocenters. The van der Waals surface area contributed by atoms with Crippen molar-refractivity contribution >= 4 is 11.6 Å². The second-order valence-corrected chi connectivity index (χ2v) is 6.53. The summed E-state index contributed by atoms with van der Waals surface area (Å²) in [7, 11) is 0. The number of amides is 1. The van der Waals surface area contributed by atoms with Gasteiger partial charge in [-0.15, -0.1) is 0 Å². The van der Waals surface area contributed by atoms with Gasteiger partial charge >= 0.3 is 5.76 Å². The smallest absolute Gasteiger partial charge is 0.439 e. The first kappa shape index (κ1) is 19.2. The highest BCUT2D eigenvalue weighted by Gasteiger charge is 2.09. The molecule has 0 radical (unpaired) electrons. The van der Waals surface area contributed by atoms with Crippen LogP contribution in [-0.4, -0.2) is 22.7 Å². The summed E-state index contributed by atoms with van der Waals surface area (Å²) in [6, 6.07) is 24.7. The third-order valence-corrected chi connectivity index (χ3v) is 4.42. The molecule has 0 atom stereocenters. The predicted octanol–water partition coefficient (Wildman–Crippen LogP) is 4.10. The van der Waals surface area contributed by atoms with E-state index in [1.807, 2.05) is 54.6 Å². The zero-order valence-electron chi connectivity index (χ0n) is 16.0. The van der Waals surface area contributed by atoms with E-state index >= 15 is 0 Å². The van der Waals surface area contributed by atoms with Gasteiger partial charge in [-0.1, -0.05) is 65.8 Å². The van der Waals surface area contributed by atoms with E-state index < -0.39 is 5.76 Å². The Bertz CT molecular complexity index is 1200. The summed E-state index contributed by atoms with van der Waals surface area (Å²) in [4.78, 5) is 25.9. The molecular formula is C23H19N3O4. The van der Waals surface area contributed by atoms with Gasteiger partial charge in [-0.2, -0.15) is 0 Å². The average molecular weight is 401 g/mol. The quantitative estimate of drug-likeness (QED) is 0.486. The largest absolute Gasteiger partial charge is 0.492 e. The van der Waals surface area contributed by atoms with Crippen molar-refractivity contribution in [3.05, 3.63) is 89.4 Å². The summed E-state index contributed by atoms with van der Waals surface area (Å²) in [6.07, 6.45) is 0.189. The molecule has 0 saturated carbocycles. The second-order valence-electron chi connectivity index (χ2n) is 6.53. The minimum Gasteiger partial charge on any atom is -0.492 e. The Balaban J connectivity index is 1.36. The fraction of sp³-hybridized carbons (Fsp3) is 0.0870. The Hall–Kier alpha value is -4.13. The highest BCUT2D eigenvalue weighted by molar-refractivity contribution is 5.91. The van der Waals surface area contributed by atoms with E-state index in [2.05, 4.69) is 20.0 Å². The van der Waals surface area contributed by atoms with Crippen LogP contribution in [0.15, 0.2) is 88.2 Å². The van der Waals surface area contributed by atoms with Gasteiger partial charge in [0.25, 0.3) is 0 Å². The number of anilines is 1. The van der Waals surface area contributed by atoms with E-state index in [1.54, 1.807) is 24.3 Å². The Labute approximate surface area is 172 Å². The Morgan fingerprint density at radius 3 is 2.53 bits per heavy atom. The number of aromatic amines is 1. The molecule has 2 N–H and O–H groups in total. The summed E-state index contributed by atoms with van der Waals surface area (Å²) in [5.74, 6) is 0.218. The monoisotopic (exact) mass is 401 g/mol. The molecule has 1 aromatic heterocycles. The molecule has 1 amide bonds. The van der Waals surface area contributed by atoms with Gasteiger partial charge < -0.3 is 10.1 Å². The number of carbonyl (C=O) groups is 1. The van der Waals surface area contributed by atoms with Crippen LogP contribution in [0, 0.1) is 0 Å². The van der Waals surface area contributed by atoms with Crippen LogP contribution < -0.4 is 15.8 Å². The highest BCUT2D eigenvalue weighted by Crippen LogP contribution is 2.29. The van der Waals surface area contributed by atoms with Crippen LogP contribution in [0.4, 0.5) is 5.69 Å². The van der Waals surface area contributed by atoms with Crippen LogP contribution in [0.1, 0.15) is 6.42 Å². The molecule has 4 rings (SSSR count). The fourth-order valence-electron chi connectivity index (χ4n) is 3.02. The van der Waals surface area contributed by atoms with Crippen molar-refractivity contribution in [3.8, 4) is 28.3 Å². The molecule has 0 saturated heterocycles. The SMILES string of the molecule is O=C(CCOc1ccccc1-c1ccccc1)Nc1cccc(-c2noc(=O)[nH]2)c1. The zero-order chi connectivity index (χ0) is 20.8. The minimum absolute atomic E-state index is 0.182. The number of para-hydroxylation sites is 1. The second kappa shape index (κ2) is 8.91. The number of hydrogen-bond donors (Lipinski definition) is 2. The van der Waals surface area contributed by atoms with Crippen LogP contribution in [0.3, 0.4) is 0 Å². The molecule has 7 heteroatoms. The van der Waals surface area contributed by atoms with Gasteiger partial charge in [0.05, 0.1) is 13.0 Å². The highest BCUT2D eigenvalue weighted by atomic mass is 16.5. The van der Waals surface area contributed by atoms with Gasteiger partial charge in [-0.25, -0.2) is 4.79 Å². The molecule has 0 aliphatic carbocycles. The van der Waals surface area contributed by atoms with Crippen LogP contribution in [-0.2, 0) is 4.79 Å². The molecule has 4 aromatic rings. The van der Waals surface area contributed by atoms with Crippen LogP contribution >= 0.6 is 0 Å². The van der Waals surface area contributed by atoms with E-state index in [1.165, 1.54) is 0 Å². The van der Waals surface area contributed by atoms with Crippen LogP contribution in [0.5, 0.6) is 5.75 Å². The van der Waals surface area contributed by atoms with Gasteiger partial charge in [0.2, 0.25) is 5.91 Å². The van der Waals surface area contributed by atoms with Crippen molar-refractivity contribution < 1.29 is 14.1 Å². The Morgan fingerprint density at radius 1 is 0.967 bits per heavy atom. The number of benzene rings is 3. The van der Waals surface area contributed by atoms with Crippen molar-refractivity contribution in [1.82, 2.24) is 10.1 Å². The lowest BCUT2D eigenvalue weighted by Crippen LogP contribution is -2.15. The van der Waals surface area contributed by atoms with E-state index in [0.29, 0.717) is 17.1 Å². The molecule has 150 valence electrons. The zero-order valence-corrected chi connectivity index (χ0v) is 16.0. The summed E-state index contributed by atoms with van der Waals surface area (Å²) < 4.78 is 10.4. The van der Waals surface area contributed by atoms with Gasteiger partial charge in [0.1, 0.15) is 5.75 Å². The first-order chi connectivity index (χ1) is 14.7. The topological polar surface area (TPSA) is 97.2 Å². The van der Waals surface area contributed by atoms with Crippen LogP contribution in [0.2, 0.25) is 0 Å². The normalized spacial score (nSPS) is 10.5. The predicted molar refractivity (Wildman–Crippen MR) is 113 cm³/mol. The van der Waals surface area contributed by atoms with Crippen LogP contribution in [0.25, 0.3) is 22.5 Å². The number of nitrogens with one attached hydrogen (secondary N) is 2. The lowest BCUT2D eigenvalue weighted by Gasteiger charge is -2.12. The molecular weight excluding hydrogens is 382 g/mol. The number of rotatable bonds is 7. The number of hydrogen-bond acceptors (Lipinski definition) is 5. The third kappa shape index (κ3) is 4.64. The minimum atomic E-state index is -0.632. The standard InChI is InChI=1S/C23H19N3O4/c27-21(24-18-10-6-9-17(15-18)22-25-23(28)30-26-22)13-14-29-20-12-5-4-11-19(20)16-7-2-1-3-8-16/h1-12,15H,13-14H2,(H,24,27)(H,25,26,28). The van der Waals surface area contributed by atoms with Crippen molar-refractivity contribution in [1.29, 1.82) is 0 Å². The molecule has 7 nitrogen and oxygen atoms in total. The lowest BCUT2D eigenvalue weighted by atomic mass is 10.1. The Morgan fingerprint density at radius 2 is 1.73 bits per heavy atom. The maximum absolute atomic E-state index is 12.3. The first-order valence-corrected chi connectivity index (χ1v) is 9.42. The van der Waals surface area contributed by atoms with E-state index in [0.717, 1.165) is 16.9 Å². The van der Waals surface area contributed by atoms with E-state index in [9.17, 15) is 9.59 Å². The molecule has 0 aliphatic heterocycles.